The van der Waals surface area contributed by atoms with E-state index in [1.807, 2.05) is 0 Å². The quantitative estimate of drug-likeness (QED) is 0.669. The molecule has 1 amide bonds. The third-order valence-corrected chi connectivity index (χ3v) is 5.34. The minimum absolute atomic E-state index is 0.0531. The molecule has 0 unspecified atom stereocenters. The Hall–Kier alpha value is -2.38. The Morgan fingerprint density at radius 3 is 2.40 bits per heavy atom. The van der Waals surface area contributed by atoms with Gasteiger partial charge in [-0.25, -0.2) is 0 Å². The van der Waals surface area contributed by atoms with Crippen LogP contribution in [0.4, 0.5) is 5.82 Å². The predicted octanol–water partition coefficient (Wildman–Crippen LogP) is 3.31. The molecule has 0 bridgehead atoms. The highest BCUT2D eigenvalue weighted by Gasteiger charge is 2.19. The van der Waals surface area contributed by atoms with Crippen LogP contribution in [0.1, 0.15) is 38.5 Å². The molecule has 0 spiro atoms. The van der Waals surface area contributed by atoms with Crippen molar-refractivity contribution in [2.24, 2.45) is 0 Å². The number of aromatic nitrogens is 1. The molecule has 1 aromatic carbocycles. The highest BCUT2D eigenvalue weighted by atomic mass is 16.5. The molecule has 164 valence electrons. The largest absolute Gasteiger partial charge is 0.494 e. The second-order valence-corrected chi connectivity index (χ2v) is 8.97. The monoisotopic (exact) mass is 414 g/mol. The number of carbonyl (C=O) groups excluding carboxylic acids is 1. The zero-order valence-corrected chi connectivity index (χ0v) is 18.6. The zero-order chi connectivity index (χ0) is 21.6. The van der Waals surface area contributed by atoms with Crippen LogP contribution in [0.25, 0.3) is 0 Å². The first-order valence-electron chi connectivity index (χ1n) is 10.7. The summed E-state index contributed by atoms with van der Waals surface area (Å²) in [6, 6.07) is 10.1. The van der Waals surface area contributed by atoms with E-state index in [4.69, 9.17) is 9.26 Å². The molecule has 1 aliphatic rings. The Balaban J connectivity index is 1.29. The molecular weight excluding hydrogens is 380 g/mol. The van der Waals surface area contributed by atoms with E-state index in [1.54, 1.807) is 13.0 Å². The summed E-state index contributed by atoms with van der Waals surface area (Å²) in [6.07, 6.45) is 0.993. The lowest BCUT2D eigenvalue weighted by molar-refractivity contribution is -0.117. The number of aryl methyl sites for hydroxylation is 1. The van der Waals surface area contributed by atoms with E-state index >= 15 is 0 Å². The first kappa shape index (κ1) is 22.3. The lowest BCUT2D eigenvalue weighted by Crippen LogP contribution is -2.48. The van der Waals surface area contributed by atoms with E-state index < -0.39 is 0 Å². The van der Waals surface area contributed by atoms with E-state index in [0.29, 0.717) is 24.7 Å². The summed E-state index contributed by atoms with van der Waals surface area (Å²) in [4.78, 5) is 16.7. The summed E-state index contributed by atoms with van der Waals surface area (Å²) < 4.78 is 10.9. The van der Waals surface area contributed by atoms with Gasteiger partial charge >= 0.3 is 0 Å². The van der Waals surface area contributed by atoms with Gasteiger partial charge in [-0.15, -0.1) is 0 Å². The Morgan fingerprint density at radius 2 is 1.80 bits per heavy atom. The number of hydrogen-bond acceptors (Lipinski definition) is 6. The van der Waals surface area contributed by atoms with Gasteiger partial charge in [-0.05, 0) is 36.5 Å². The average Bonchev–Trinajstić information content (AvgIpc) is 3.10. The van der Waals surface area contributed by atoms with Gasteiger partial charge in [0.2, 0.25) is 5.91 Å². The second-order valence-electron chi connectivity index (χ2n) is 8.97. The lowest BCUT2D eigenvalue weighted by atomic mass is 9.87. The van der Waals surface area contributed by atoms with E-state index in [2.05, 4.69) is 65.3 Å². The number of benzene rings is 1. The fraction of sp³-hybridized carbons (Fsp3) is 0.565. The Bertz CT molecular complexity index is 803. The molecule has 0 aliphatic carbocycles. The lowest BCUT2D eigenvalue weighted by Gasteiger charge is -2.34. The van der Waals surface area contributed by atoms with Crippen molar-refractivity contribution >= 4 is 11.7 Å². The summed E-state index contributed by atoms with van der Waals surface area (Å²) in [7, 11) is 0. The van der Waals surface area contributed by atoms with Crippen LogP contribution in [0.5, 0.6) is 5.75 Å². The van der Waals surface area contributed by atoms with Crippen molar-refractivity contribution in [3.8, 4) is 5.75 Å². The number of piperazine rings is 1. The minimum Gasteiger partial charge on any atom is -0.494 e. The smallest absolute Gasteiger partial charge is 0.239 e. The molecule has 3 rings (SSSR count). The minimum atomic E-state index is -0.0531. The van der Waals surface area contributed by atoms with E-state index in [1.165, 1.54) is 5.56 Å². The molecule has 0 atom stereocenters. The molecule has 0 radical (unpaired) electrons. The highest BCUT2D eigenvalue weighted by molar-refractivity contribution is 5.91. The first-order valence-corrected chi connectivity index (χ1v) is 10.7. The maximum absolute atomic E-state index is 12.1. The SMILES string of the molecule is Cc1cc(NC(=O)CN2CCN(CCCOc3ccc(C(C)(C)C)cc3)CC2)no1. The molecule has 7 nitrogen and oxygen atoms in total. The molecule has 1 aliphatic heterocycles. The van der Waals surface area contributed by atoms with E-state index in [-0.39, 0.29) is 11.3 Å². The summed E-state index contributed by atoms with van der Waals surface area (Å²) >= 11 is 0. The second kappa shape index (κ2) is 10.1. The normalized spacial score (nSPS) is 15.9. The third kappa shape index (κ3) is 6.85. The van der Waals surface area contributed by atoms with Gasteiger partial charge in [-0.3, -0.25) is 9.69 Å². The summed E-state index contributed by atoms with van der Waals surface area (Å²) in [5.74, 6) is 2.04. The zero-order valence-electron chi connectivity index (χ0n) is 18.6. The van der Waals surface area contributed by atoms with E-state index in [9.17, 15) is 4.79 Å². The van der Waals surface area contributed by atoms with Crippen molar-refractivity contribution in [3.05, 3.63) is 41.7 Å². The number of hydrogen-bond donors (Lipinski definition) is 1. The number of amides is 1. The van der Waals surface area contributed by atoms with Crippen LogP contribution in [0.3, 0.4) is 0 Å². The third-order valence-electron chi connectivity index (χ3n) is 5.34. The molecule has 30 heavy (non-hydrogen) atoms. The molecule has 1 aromatic heterocycles. The van der Waals surface area contributed by atoms with Crippen LogP contribution in [-0.2, 0) is 10.2 Å². The van der Waals surface area contributed by atoms with Crippen LogP contribution < -0.4 is 10.1 Å². The molecule has 7 heteroatoms. The number of anilines is 1. The summed E-state index contributed by atoms with van der Waals surface area (Å²) in [5, 5.41) is 6.57. The summed E-state index contributed by atoms with van der Waals surface area (Å²) in [6.45, 7) is 14.3. The van der Waals surface area contributed by atoms with Gasteiger partial charge in [-0.2, -0.15) is 0 Å². The van der Waals surface area contributed by atoms with Crippen LogP contribution in [0, 0.1) is 6.92 Å². The van der Waals surface area contributed by atoms with Gasteiger partial charge in [0.15, 0.2) is 5.82 Å². The van der Waals surface area contributed by atoms with Crippen molar-refractivity contribution in [2.45, 2.75) is 39.5 Å². The maximum Gasteiger partial charge on any atom is 0.239 e. The van der Waals surface area contributed by atoms with Gasteiger partial charge < -0.3 is 19.5 Å². The number of nitrogens with one attached hydrogen (secondary N) is 1. The molecule has 1 fully saturated rings. The molecule has 1 saturated heterocycles. The number of carbonyl (C=O) groups is 1. The Kier molecular flexibility index (Phi) is 7.50. The van der Waals surface area contributed by atoms with Gasteiger partial charge in [0.05, 0.1) is 13.2 Å². The van der Waals surface area contributed by atoms with Crippen molar-refractivity contribution in [2.75, 3.05) is 51.2 Å². The molecule has 2 aromatic rings. The number of nitrogens with zero attached hydrogens (tertiary/aromatic N) is 3. The summed E-state index contributed by atoms with van der Waals surface area (Å²) in [5.41, 5.74) is 1.48. The van der Waals surface area contributed by atoms with Gasteiger partial charge in [-0.1, -0.05) is 38.1 Å². The van der Waals surface area contributed by atoms with Crippen molar-refractivity contribution < 1.29 is 14.1 Å². The Morgan fingerprint density at radius 1 is 1.13 bits per heavy atom. The highest BCUT2D eigenvalue weighted by Crippen LogP contribution is 2.24. The standard InChI is InChI=1S/C23H34N4O3/c1-18-16-21(25-30-18)24-22(28)17-27-13-11-26(12-14-27)10-5-15-29-20-8-6-19(7-9-20)23(2,3)4/h6-9,16H,5,10-15,17H2,1-4H3,(H,24,25,28). The fourth-order valence-corrected chi connectivity index (χ4v) is 3.51. The van der Waals surface area contributed by atoms with E-state index in [0.717, 1.165) is 44.9 Å². The van der Waals surface area contributed by atoms with Gasteiger partial charge in [0, 0.05) is 38.8 Å². The molecule has 0 saturated carbocycles. The van der Waals surface area contributed by atoms with Gasteiger partial charge in [0.1, 0.15) is 11.5 Å². The molecular formula is C23H34N4O3. The van der Waals surface area contributed by atoms with Crippen LogP contribution >= 0.6 is 0 Å². The Labute approximate surface area is 179 Å². The predicted molar refractivity (Wildman–Crippen MR) is 118 cm³/mol. The number of rotatable bonds is 8. The molecule has 2 heterocycles. The van der Waals surface area contributed by atoms with Crippen LogP contribution in [-0.4, -0.2) is 66.7 Å². The average molecular weight is 415 g/mol. The van der Waals surface area contributed by atoms with Crippen molar-refractivity contribution in [3.63, 3.8) is 0 Å². The number of ether oxygens (including phenoxy) is 1. The van der Waals surface area contributed by atoms with Crippen molar-refractivity contribution in [1.29, 1.82) is 0 Å². The fourth-order valence-electron chi connectivity index (χ4n) is 3.51. The van der Waals surface area contributed by atoms with Crippen LogP contribution in [0.2, 0.25) is 0 Å². The molecule has 1 N–H and O–H groups in total. The van der Waals surface area contributed by atoms with Gasteiger partial charge in [0.25, 0.3) is 0 Å². The first-order chi connectivity index (χ1) is 14.3. The maximum atomic E-state index is 12.1. The topological polar surface area (TPSA) is 70.8 Å². The van der Waals surface area contributed by atoms with Crippen molar-refractivity contribution in [1.82, 2.24) is 15.0 Å². The van der Waals surface area contributed by atoms with Crippen LogP contribution in [0.15, 0.2) is 34.9 Å².